The Kier molecular flexibility index (Phi) is 8.90. The summed E-state index contributed by atoms with van der Waals surface area (Å²) in [6.45, 7) is -0.0760. The van der Waals surface area contributed by atoms with Crippen molar-refractivity contribution in [2.75, 3.05) is 14.1 Å². The number of aliphatic hydroxyl groups excluding tert-OH is 2. The molecule has 48 heavy (non-hydrogen) atoms. The van der Waals surface area contributed by atoms with Crippen LogP contribution in [0.15, 0.2) is 47.5 Å². The number of carbonyl (C=O) groups excluding carboxylic acids is 4. The Morgan fingerprint density at radius 1 is 1.10 bits per heavy atom. The zero-order valence-corrected chi connectivity index (χ0v) is 27.2. The van der Waals surface area contributed by atoms with Crippen LogP contribution in [0.4, 0.5) is 0 Å². The van der Waals surface area contributed by atoms with Crippen molar-refractivity contribution in [3.63, 3.8) is 0 Å². The third-order valence-corrected chi connectivity index (χ3v) is 10.8. The van der Waals surface area contributed by atoms with E-state index in [0.717, 1.165) is 24.8 Å². The lowest BCUT2D eigenvalue weighted by molar-refractivity contribution is -0.153. The molecule has 1 aromatic carbocycles. The molecule has 2 saturated carbocycles. The number of carbonyl (C=O) groups is 4. The molecule has 4 aliphatic rings. The molecule has 1 heterocycles. The number of benzene rings is 1. The number of nitrogens with one attached hydrogen (secondary N) is 1. The van der Waals surface area contributed by atoms with Gasteiger partial charge in [0.15, 0.2) is 11.4 Å². The largest absolute Gasteiger partial charge is 0.508 e. The molecule has 2 fully saturated rings. The molecular weight excluding hydrogens is 616 g/mol. The summed E-state index contributed by atoms with van der Waals surface area (Å²) in [4.78, 5) is 58.3. The number of amides is 2. The molecule has 4 atom stereocenters. The number of likely N-dealkylation sites (N-methyl/N-ethyl adjacent to an activating group) is 1. The number of phenolic OH excluding ortho intramolecular Hbond substituents is 1. The van der Waals surface area contributed by atoms with Crippen molar-refractivity contribution in [1.29, 1.82) is 0 Å². The first-order valence-electron chi connectivity index (χ1n) is 16.6. The number of fused-ring (bicyclic) bond motifs is 3. The summed E-state index contributed by atoms with van der Waals surface area (Å²) >= 11 is 0. The maximum Gasteiger partial charge on any atom is 0.255 e. The van der Waals surface area contributed by atoms with E-state index in [-0.39, 0.29) is 36.3 Å². The number of nitrogens with zero attached hydrogens (tertiary/aromatic N) is 2. The number of Topliss-reactive ketones (excluding diaryl/α,β-unsaturated/α-hetero) is 2. The second-order valence-electron chi connectivity index (χ2n) is 13.8. The van der Waals surface area contributed by atoms with Crippen molar-refractivity contribution in [3.05, 3.63) is 75.3 Å². The highest BCUT2D eigenvalue weighted by Gasteiger charge is 2.64. The van der Waals surface area contributed by atoms with Gasteiger partial charge < -0.3 is 31.5 Å². The fourth-order valence-corrected chi connectivity index (χ4v) is 8.42. The van der Waals surface area contributed by atoms with Crippen LogP contribution in [0.2, 0.25) is 0 Å². The highest BCUT2D eigenvalue weighted by molar-refractivity contribution is 6.24. The van der Waals surface area contributed by atoms with Gasteiger partial charge in [-0.05, 0) is 74.9 Å². The van der Waals surface area contributed by atoms with Crippen LogP contribution in [-0.4, -0.2) is 79.4 Å². The molecule has 12 nitrogen and oxygen atoms in total. The first-order valence-corrected chi connectivity index (χ1v) is 16.6. The zero-order valence-electron chi connectivity index (χ0n) is 27.2. The van der Waals surface area contributed by atoms with Gasteiger partial charge in [-0.15, -0.1) is 0 Å². The van der Waals surface area contributed by atoms with E-state index in [2.05, 4.69) is 10.3 Å². The van der Waals surface area contributed by atoms with E-state index in [0.29, 0.717) is 29.0 Å². The first kappa shape index (κ1) is 33.4. The summed E-state index contributed by atoms with van der Waals surface area (Å²) in [6.07, 6.45) is 10.6. The van der Waals surface area contributed by atoms with Gasteiger partial charge in [-0.25, -0.2) is 0 Å². The molecule has 0 spiro atoms. The average Bonchev–Trinajstić information content (AvgIpc) is 3.06. The molecular formula is C36H42N4O8. The second-order valence-corrected chi connectivity index (χ2v) is 13.8. The average molecular weight is 659 g/mol. The van der Waals surface area contributed by atoms with Gasteiger partial charge in [0, 0.05) is 36.0 Å². The molecule has 254 valence electrons. The van der Waals surface area contributed by atoms with Gasteiger partial charge in [0.2, 0.25) is 5.78 Å². The fourth-order valence-electron chi connectivity index (χ4n) is 8.42. The molecule has 0 bridgehead atoms. The normalized spacial score (nSPS) is 25.9. The number of hydrogen-bond acceptors (Lipinski definition) is 10. The second kappa shape index (κ2) is 12.8. The van der Waals surface area contributed by atoms with Gasteiger partial charge in [0.1, 0.15) is 22.8 Å². The Morgan fingerprint density at radius 3 is 2.48 bits per heavy atom. The fraction of sp³-hybridized carbons (Fsp3) is 0.472. The van der Waals surface area contributed by atoms with Crippen molar-refractivity contribution in [2.45, 2.75) is 76.0 Å². The number of aryl methyl sites for hydroxylation is 1. The van der Waals surface area contributed by atoms with E-state index < -0.39 is 64.0 Å². The Hall–Kier alpha value is -4.55. The summed E-state index contributed by atoms with van der Waals surface area (Å²) in [5.74, 6) is -6.76. The number of nitrogens with two attached hydrogens (primary N) is 1. The minimum atomic E-state index is -2.71. The summed E-state index contributed by atoms with van der Waals surface area (Å²) in [5.41, 5.74) is 3.92. The molecule has 2 amide bonds. The number of ketones is 2. The van der Waals surface area contributed by atoms with Crippen LogP contribution in [0.5, 0.6) is 5.75 Å². The van der Waals surface area contributed by atoms with E-state index in [1.165, 1.54) is 30.4 Å². The molecule has 1 aromatic heterocycles. The lowest BCUT2D eigenvalue weighted by Gasteiger charge is -2.50. The molecule has 2 aromatic rings. The smallest absolute Gasteiger partial charge is 0.255 e. The standard InChI is InChI=1S/C36H42N4O8/c1-40(2)28-24-15-21-14-23-19(11-10-18-7-4-3-5-8-18)13-22(17-39-35(47)20-9-6-12-38-16-20)29(41)26(23)30(42)25(21)32(44)36(24,48)33(45)27(31(28)43)34(37)46/h6,9,12-13,16,18,21,24,28,41-42,45,48H,3-5,7-8,10-11,14-15,17H2,1-2H3,(H2,37,46)(H,39,47)/t21-,24-,28+,36+/m0/s1. The Morgan fingerprint density at radius 2 is 1.83 bits per heavy atom. The van der Waals surface area contributed by atoms with Crippen LogP contribution in [-0.2, 0) is 33.8 Å². The Balaban J connectivity index is 1.45. The maximum absolute atomic E-state index is 14.3. The van der Waals surface area contributed by atoms with Crippen LogP contribution < -0.4 is 11.1 Å². The van der Waals surface area contributed by atoms with Gasteiger partial charge in [0.25, 0.3) is 11.8 Å². The van der Waals surface area contributed by atoms with Crippen molar-refractivity contribution in [1.82, 2.24) is 15.2 Å². The number of phenols is 1. The van der Waals surface area contributed by atoms with Crippen LogP contribution in [0.25, 0.3) is 5.76 Å². The van der Waals surface area contributed by atoms with Gasteiger partial charge in [-0.1, -0.05) is 38.2 Å². The Bertz CT molecular complexity index is 1740. The minimum Gasteiger partial charge on any atom is -0.508 e. The lowest BCUT2D eigenvalue weighted by atomic mass is 9.57. The van der Waals surface area contributed by atoms with Crippen LogP contribution in [0.1, 0.15) is 77.6 Å². The third-order valence-electron chi connectivity index (χ3n) is 10.8. The molecule has 6 rings (SSSR count). The number of hydrogen-bond donors (Lipinski definition) is 6. The van der Waals surface area contributed by atoms with E-state index in [4.69, 9.17) is 5.73 Å². The first-order chi connectivity index (χ1) is 22.9. The molecule has 0 saturated heterocycles. The summed E-state index contributed by atoms with van der Waals surface area (Å²) in [5, 5.41) is 49.3. The van der Waals surface area contributed by atoms with Crippen molar-refractivity contribution in [3.8, 4) is 5.75 Å². The van der Waals surface area contributed by atoms with Gasteiger partial charge in [-0.3, -0.25) is 29.1 Å². The number of aromatic nitrogens is 1. The number of rotatable bonds is 8. The predicted molar refractivity (Wildman–Crippen MR) is 175 cm³/mol. The molecule has 4 aliphatic carbocycles. The van der Waals surface area contributed by atoms with E-state index in [1.54, 1.807) is 32.4 Å². The van der Waals surface area contributed by atoms with Gasteiger partial charge in [-0.2, -0.15) is 0 Å². The lowest BCUT2D eigenvalue weighted by Crippen LogP contribution is -2.65. The molecule has 0 radical (unpaired) electrons. The molecule has 0 aliphatic heterocycles. The Labute approximate surface area is 278 Å². The number of pyridine rings is 1. The van der Waals surface area contributed by atoms with Crippen LogP contribution in [0.3, 0.4) is 0 Å². The quantitative estimate of drug-likeness (QED) is 0.229. The summed E-state index contributed by atoms with van der Waals surface area (Å²) < 4.78 is 0. The van der Waals surface area contributed by atoms with E-state index >= 15 is 0 Å². The summed E-state index contributed by atoms with van der Waals surface area (Å²) in [7, 11) is 3.15. The molecule has 0 unspecified atom stereocenters. The maximum atomic E-state index is 14.3. The van der Waals surface area contributed by atoms with Crippen molar-refractivity contribution >= 4 is 29.1 Å². The van der Waals surface area contributed by atoms with E-state index in [1.807, 2.05) is 6.07 Å². The van der Waals surface area contributed by atoms with Crippen molar-refractivity contribution in [2.24, 2.45) is 23.5 Å². The topological polar surface area (TPSA) is 203 Å². The highest BCUT2D eigenvalue weighted by Crippen LogP contribution is 2.53. The highest BCUT2D eigenvalue weighted by atomic mass is 16.3. The SMILES string of the molecule is CN(C)[C@H]1C(=O)C(C(N)=O)=C(O)[C@]2(O)C(=O)C3=C(O)c4c(O)c(CNC(=O)c5cccnc5)cc(CCC5CCCCC5)c4C[C@H]3C[C@@H]12. The third kappa shape index (κ3) is 5.46. The zero-order chi connectivity index (χ0) is 34.5. The van der Waals surface area contributed by atoms with Gasteiger partial charge in [0.05, 0.1) is 17.2 Å². The van der Waals surface area contributed by atoms with Crippen molar-refractivity contribution < 1.29 is 39.6 Å². The monoisotopic (exact) mass is 658 g/mol. The van der Waals surface area contributed by atoms with Crippen LogP contribution in [0, 0.1) is 17.8 Å². The minimum absolute atomic E-state index is 0.0253. The predicted octanol–water partition coefficient (Wildman–Crippen LogP) is 2.80. The number of primary amides is 1. The molecule has 12 heteroatoms. The number of aromatic hydroxyl groups is 1. The van der Waals surface area contributed by atoms with E-state index in [9.17, 15) is 39.6 Å². The van der Waals surface area contributed by atoms with Crippen LogP contribution >= 0.6 is 0 Å². The summed E-state index contributed by atoms with van der Waals surface area (Å²) in [6, 6.07) is 3.95. The van der Waals surface area contributed by atoms with Gasteiger partial charge >= 0.3 is 0 Å². The number of aliphatic hydroxyl groups is 3. The molecule has 7 N–H and O–H groups in total.